The highest BCUT2D eigenvalue weighted by molar-refractivity contribution is 5.23. The first-order valence-corrected chi connectivity index (χ1v) is 2.55. The lowest BCUT2D eigenvalue weighted by Crippen LogP contribution is -1.96. The van der Waals surface area contributed by atoms with Crippen molar-refractivity contribution < 1.29 is 8.78 Å². The zero-order chi connectivity index (χ0) is 7.56. The Morgan fingerprint density at radius 2 is 2.10 bits per heavy atom. The number of anilines is 1. The van der Waals surface area contributed by atoms with Gasteiger partial charge in [0, 0.05) is 0 Å². The molecule has 0 aliphatic carbocycles. The smallest absolute Gasteiger partial charge is 0.281 e. The van der Waals surface area contributed by atoms with Crippen LogP contribution in [0, 0.1) is 0 Å². The lowest BCUT2D eigenvalue weighted by atomic mass is 10.5. The molecular weight excluding hydrogens is 140 g/mol. The van der Waals surface area contributed by atoms with Crippen molar-refractivity contribution in [2.24, 2.45) is 0 Å². The van der Waals surface area contributed by atoms with Gasteiger partial charge in [-0.15, -0.1) is 0 Å². The summed E-state index contributed by atoms with van der Waals surface area (Å²) in [5.41, 5.74) is 4.70. The van der Waals surface area contributed by atoms with Crippen molar-refractivity contribution in [3.05, 3.63) is 18.1 Å². The molecule has 0 unspecified atom stereocenters. The zero-order valence-electron chi connectivity index (χ0n) is 4.96. The number of rotatable bonds is 1. The molecule has 0 aliphatic rings. The van der Waals surface area contributed by atoms with Gasteiger partial charge in [0.1, 0.15) is 11.5 Å². The van der Waals surface area contributed by atoms with Crippen LogP contribution in [0.5, 0.6) is 0 Å². The van der Waals surface area contributed by atoms with E-state index < -0.39 is 6.43 Å². The van der Waals surface area contributed by atoms with E-state index in [2.05, 4.69) is 9.97 Å². The topological polar surface area (TPSA) is 51.8 Å². The van der Waals surface area contributed by atoms with E-state index in [4.69, 9.17) is 5.73 Å². The van der Waals surface area contributed by atoms with Crippen molar-refractivity contribution in [1.29, 1.82) is 0 Å². The van der Waals surface area contributed by atoms with Crippen molar-refractivity contribution in [3.8, 4) is 0 Å². The molecule has 0 radical (unpaired) electrons. The molecule has 0 spiro atoms. The van der Waals surface area contributed by atoms with Crippen LogP contribution in [0.3, 0.4) is 0 Å². The van der Waals surface area contributed by atoms with Gasteiger partial charge in [0.2, 0.25) is 0 Å². The van der Waals surface area contributed by atoms with Gasteiger partial charge in [-0.25, -0.2) is 13.8 Å². The number of nitrogen functional groups attached to an aromatic ring is 1. The minimum atomic E-state index is -2.60. The first kappa shape index (κ1) is 6.85. The predicted octanol–water partition coefficient (Wildman–Crippen LogP) is 0.996. The summed E-state index contributed by atoms with van der Waals surface area (Å²) < 4.78 is 23.6. The van der Waals surface area contributed by atoms with Gasteiger partial charge in [0.25, 0.3) is 6.43 Å². The number of alkyl halides is 2. The highest BCUT2D eigenvalue weighted by atomic mass is 19.3. The molecule has 1 aromatic heterocycles. The van der Waals surface area contributed by atoms with Crippen molar-refractivity contribution in [3.63, 3.8) is 0 Å². The third-order valence-corrected chi connectivity index (χ3v) is 0.895. The van der Waals surface area contributed by atoms with Gasteiger partial charge in [0.15, 0.2) is 0 Å². The maximum absolute atomic E-state index is 11.8. The number of hydrogen-bond acceptors (Lipinski definition) is 3. The molecule has 2 N–H and O–H groups in total. The molecule has 54 valence electrons. The lowest BCUT2D eigenvalue weighted by molar-refractivity contribution is 0.146. The molecule has 0 bridgehead atoms. The second-order valence-corrected chi connectivity index (χ2v) is 1.67. The van der Waals surface area contributed by atoms with Crippen LogP contribution in [-0.4, -0.2) is 9.97 Å². The molecule has 0 fully saturated rings. The van der Waals surface area contributed by atoms with Crippen LogP contribution in [0.4, 0.5) is 14.6 Å². The third kappa shape index (κ3) is 1.37. The van der Waals surface area contributed by atoms with Gasteiger partial charge in [-0.05, 0) is 0 Å². The first-order chi connectivity index (χ1) is 4.70. The minimum absolute atomic E-state index is 0.0119. The molecular formula is C5H5F2N3. The van der Waals surface area contributed by atoms with Crippen molar-refractivity contribution in [1.82, 2.24) is 9.97 Å². The SMILES string of the molecule is Nc1cncc(C(F)F)n1. The third-order valence-electron chi connectivity index (χ3n) is 0.895. The fraction of sp³-hybridized carbons (Fsp3) is 0.200. The molecule has 1 heterocycles. The first-order valence-electron chi connectivity index (χ1n) is 2.55. The quantitative estimate of drug-likeness (QED) is 0.641. The van der Waals surface area contributed by atoms with E-state index in [-0.39, 0.29) is 11.5 Å². The Kier molecular flexibility index (Phi) is 1.75. The van der Waals surface area contributed by atoms with E-state index in [0.29, 0.717) is 0 Å². The molecule has 0 aromatic carbocycles. The van der Waals surface area contributed by atoms with E-state index in [0.717, 1.165) is 6.20 Å². The summed E-state index contributed by atoms with van der Waals surface area (Å²) in [6, 6.07) is 0. The Balaban J connectivity index is 2.96. The van der Waals surface area contributed by atoms with E-state index in [1.54, 1.807) is 0 Å². The molecule has 3 nitrogen and oxygen atoms in total. The molecule has 0 saturated heterocycles. The van der Waals surface area contributed by atoms with Gasteiger partial charge in [0.05, 0.1) is 12.4 Å². The molecule has 1 aromatic rings. The van der Waals surface area contributed by atoms with E-state index in [9.17, 15) is 8.78 Å². The Morgan fingerprint density at radius 3 is 2.50 bits per heavy atom. The second-order valence-electron chi connectivity index (χ2n) is 1.67. The van der Waals surface area contributed by atoms with Crippen LogP contribution >= 0.6 is 0 Å². The van der Waals surface area contributed by atoms with Crippen LogP contribution in [-0.2, 0) is 0 Å². The number of hydrogen-bond donors (Lipinski definition) is 1. The van der Waals surface area contributed by atoms with Crippen LogP contribution in [0.2, 0.25) is 0 Å². The molecule has 0 atom stereocenters. The fourth-order valence-corrected chi connectivity index (χ4v) is 0.502. The van der Waals surface area contributed by atoms with E-state index >= 15 is 0 Å². The molecule has 10 heavy (non-hydrogen) atoms. The summed E-state index contributed by atoms with van der Waals surface area (Å²) in [4.78, 5) is 6.78. The average Bonchev–Trinajstić information content (AvgIpc) is 1.88. The summed E-state index contributed by atoms with van der Waals surface area (Å²) >= 11 is 0. The Labute approximate surface area is 55.9 Å². The number of halogens is 2. The normalized spacial score (nSPS) is 10.3. The summed E-state index contributed by atoms with van der Waals surface area (Å²) in [7, 11) is 0. The highest BCUT2D eigenvalue weighted by Gasteiger charge is 2.07. The Morgan fingerprint density at radius 1 is 1.40 bits per heavy atom. The monoisotopic (exact) mass is 145 g/mol. The summed E-state index contributed by atoms with van der Waals surface area (Å²) in [6.45, 7) is 0. The van der Waals surface area contributed by atoms with Gasteiger partial charge < -0.3 is 5.73 Å². The molecule has 0 amide bonds. The van der Waals surface area contributed by atoms with Crippen molar-refractivity contribution in [2.45, 2.75) is 6.43 Å². The van der Waals surface area contributed by atoms with Crippen molar-refractivity contribution >= 4 is 5.82 Å². The number of aromatic nitrogens is 2. The van der Waals surface area contributed by atoms with Crippen LogP contribution in [0.15, 0.2) is 12.4 Å². The fourth-order valence-electron chi connectivity index (χ4n) is 0.502. The highest BCUT2D eigenvalue weighted by Crippen LogP contribution is 2.14. The van der Waals surface area contributed by atoms with E-state index in [1.165, 1.54) is 6.20 Å². The molecule has 5 heteroatoms. The lowest BCUT2D eigenvalue weighted by Gasteiger charge is -1.96. The summed E-state index contributed by atoms with van der Waals surface area (Å²) in [6.07, 6.45) is -0.400. The summed E-state index contributed by atoms with van der Waals surface area (Å²) in [5.74, 6) is 0.0119. The van der Waals surface area contributed by atoms with Gasteiger partial charge in [-0.3, -0.25) is 4.98 Å². The zero-order valence-corrected chi connectivity index (χ0v) is 4.96. The number of nitrogens with zero attached hydrogens (tertiary/aromatic N) is 2. The number of nitrogens with two attached hydrogens (primary N) is 1. The maximum atomic E-state index is 11.8. The van der Waals surface area contributed by atoms with Crippen LogP contribution in [0.1, 0.15) is 12.1 Å². The van der Waals surface area contributed by atoms with Gasteiger partial charge in [-0.2, -0.15) is 0 Å². The van der Waals surface area contributed by atoms with Gasteiger partial charge >= 0.3 is 0 Å². The van der Waals surface area contributed by atoms with Crippen LogP contribution in [0.25, 0.3) is 0 Å². The minimum Gasteiger partial charge on any atom is -0.382 e. The molecule has 0 aliphatic heterocycles. The average molecular weight is 145 g/mol. The Bertz CT molecular complexity index is 226. The molecule has 1 rings (SSSR count). The second kappa shape index (κ2) is 2.55. The standard InChI is InChI=1S/C5H5F2N3/c6-5(7)3-1-9-2-4(8)10-3/h1-2,5H,(H2,8,10). The Hall–Kier alpha value is -1.26. The predicted molar refractivity (Wildman–Crippen MR) is 31.4 cm³/mol. The molecule has 0 saturated carbocycles. The van der Waals surface area contributed by atoms with Crippen molar-refractivity contribution in [2.75, 3.05) is 5.73 Å². The van der Waals surface area contributed by atoms with Crippen LogP contribution < -0.4 is 5.73 Å². The van der Waals surface area contributed by atoms with Gasteiger partial charge in [-0.1, -0.05) is 0 Å². The maximum Gasteiger partial charge on any atom is 0.281 e. The summed E-state index contributed by atoms with van der Waals surface area (Å²) in [5, 5.41) is 0. The largest absolute Gasteiger partial charge is 0.382 e. The van der Waals surface area contributed by atoms with E-state index in [1.807, 2.05) is 0 Å².